The summed E-state index contributed by atoms with van der Waals surface area (Å²) in [7, 11) is 0. The van der Waals surface area contributed by atoms with E-state index in [1.165, 1.54) is 25.0 Å². The van der Waals surface area contributed by atoms with Crippen molar-refractivity contribution in [2.45, 2.75) is 64.0 Å². The predicted molar refractivity (Wildman–Crippen MR) is 165 cm³/mol. The molecule has 1 amide bonds. The minimum Gasteiger partial charge on any atom is -0.481 e. The first-order valence-corrected chi connectivity index (χ1v) is 15.6. The number of nitrogens with zero attached hydrogens (tertiary/aromatic N) is 3. The number of non-ortho nitro benzene ring substituents is 1. The number of nitro benzene ring substituents is 1. The van der Waals surface area contributed by atoms with Crippen LogP contribution < -0.4 is 0 Å². The monoisotopic (exact) mass is 591 g/mol. The molecule has 3 fully saturated rings. The van der Waals surface area contributed by atoms with Crippen LogP contribution in [-0.2, 0) is 16.1 Å². The van der Waals surface area contributed by atoms with E-state index in [0.717, 1.165) is 58.2 Å². The summed E-state index contributed by atoms with van der Waals surface area (Å²) in [5, 5.41) is 20.6. The Balaban J connectivity index is 0.000000628. The number of amides is 1. The van der Waals surface area contributed by atoms with Crippen LogP contribution in [0.5, 0.6) is 0 Å². The van der Waals surface area contributed by atoms with Crippen LogP contribution in [0.4, 0.5) is 10.5 Å². The van der Waals surface area contributed by atoms with Crippen molar-refractivity contribution in [2.24, 2.45) is 23.7 Å². The lowest BCUT2D eigenvalue weighted by Gasteiger charge is -2.38. The summed E-state index contributed by atoms with van der Waals surface area (Å²) in [5.41, 5.74) is 0.702. The second-order valence-electron chi connectivity index (χ2n) is 12.2. The largest absolute Gasteiger partial charge is 0.481 e. The molecule has 9 heteroatoms. The van der Waals surface area contributed by atoms with Gasteiger partial charge >= 0.3 is 12.1 Å². The molecule has 3 unspecified atom stereocenters. The number of likely N-dealkylation sites (tertiary alicyclic amines) is 1. The topological polar surface area (TPSA) is 113 Å². The number of carbonyl (C=O) groups is 2. The molecular formula is C34H45N3O6. The summed E-state index contributed by atoms with van der Waals surface area (Å²) in [6, 6.07) is 18.1. The minimum atomic E-state index is -0.610. The van der Waals surface area contributed by atoms with Gasteiger partial charge in [0.15, 0.2) is 0 Å². The van der Waals surface area contributed by atoms with Gasteiger partial charge in [0.25, 0.3) is 5.69 Å². The SMILES string of the molecule is C=CCN(C(=O)OCc1ccc([N+](=O)[O-])cc1)C1CCN(CC2CCC(C(CC3CC3)C(=O)O)C2)CC1.c1ccccc1. The number of piperidine rings is 1. The number of rotatable bonds is 12. The van der Waals surface area contributed by atoms with Crippen molar-refractivity contribution in [1.82, 2.24) is 9.80 Å². The first kappa shape index (κ1) is 32.2. The van der Waals surface area contributed by atoms with Gasteiger partial charge in [0.1, 0.15) is 6.61 Å². The molecule has 3 aliphatic rings. The molecule has 0 bridgehead atoms. The molecule has 0 radical (unpaired) electrons. The van der Waals surface area contributed by atoms with Crippen molar-refractivity contribution >= 4 is 17.7 Å². The predicted octanol–water partition coefficient (Wildman–Crippen LogP) is 6.79. The number of carbonyl (C=O) groups excluding carboxylic acids is 1. The zero-order valence-electron chi connectivity index (χ0n) is 25.0. The van der Waals surface area contributed by atoms with E-state index in [-0.39, 0.29) is 24.3 Å². The molecule has 2 aliphatic carbocycles. The molecule has 3 atom stereocenters. The second-order valence-corrected chi connectivity index (χ2v) is 12.2. The zero-order chi connectivity index (χ0) is 30.6. The maximum atomic E-state index is 12.9. The highest BCUT2D eigenvalue weighted by atomic mass is 16.6. The van der Waals surface area contributed by atoms with E-state index in [1.54, 1.807) is 23.1 Å². The second kappa shape index (κ2) is 16.2. The van der Waals surface area contributed by atoms with Gasteiger partial charge in [0.2, 0.25) is 0 Å². The van der Waals surface area contributed by atoms with E-state index < -0.39 is 17.0 Å². The molecule has 232 valence electrons. The molecule has 43 heavy (non-hydrogen) atoms. The molecule has 2 aromatic carbocycles. The fraction of sp³-hybridized carbons (Fsp3) is 0.529. The first-order chi connectivity index (χ1) is 20.8. The highest BCUT2D eigenvalue weighted by Gasteiger charge is 2.39. The Bertz CT molecular complexity index is 1150. The van der Waals surface area contributed by atoms with Crippen LogP contribution in [0.25, 0.3) is 0 Å². The van der Waals surface area contributed by atoms with Crippen molar-refractivity contribution in [3.05, 3.63) is 89.0 Å². The van der Waals surface area contributed by atoms with E-state index in [9.17, 15) is 24.8 Å². The number of carboxylic acid groups (broad SMARTS) is 1. The van der Waals surface area contributed by atoms with Gasteiger partial charge in [-0.2, -0.15) is 0 Å². The zero-order valence-corrected chi connectivity index (χ0v) is 25.0. The van der Waals surface area contributed by atoms with Crippen molar-refractivity contribution in [3.63, 3.8) is 0 Å². The molecule has 0 aromatic heterocycles. The smallest absolute Gasteiger partial charge is 0.410 e. The van der Waals surface area contributed by atoms with Crippen molar-refractivity contribution in [1.29, 1.82) is 0 Å². The third-order valence-electron chi connectivity index (χ3n) is 9.00. The van der Waals surface area contributed by atoms with Gasteiger partial charge < -0.3 is 19.6 Å². The molecular weight excluding hydrogens is 546 g/mol. The highest BCUT2D eigenvalue weighted by Crippen LogP contribution is 2.43. The summed E-state index contributed by atoms with van der Waals surface area (Å²) in [5.74, 6) is 0.722. The van der Waals surface area contributed by atoms with E-state index in [4.69, 9.17) is 4.74 Å². The van der Waals surface area contributed by atoms with Crippen LogP contribution >= 0.6 is 0 Å². The number of ether oxygens (including phenoxy) is 1. The van der Waals surface area contributed by atoms with Gasteiger partial charge in [0.05, 0.1) is 10.8 Å². The molecule has 2 aromatic rings. The number of aliphatic carboxylic acids is 1. The Kier molecular flexibility index (Phi) is 12.1. The average molecular weight is 592 g/mol. The molecule has 5 rings (SSSR count). The molecule has 1 saturated heterocycles. The van der Waals surface area contributed by atoms with Gasteiger partial charge in [0, 0.05) is 44.4 Å². The maximum Gasteiger partial charge on any atom is 0.410 e. The van der Waals surface area contributed by atoms with Crippen molar-refractivity contribution < 1.29 is 24.4 Å². The molecule has 1 heterocycles. The highest BCUT2D eigenvalue weighted by molar-refractivity contribution is 5.70. The molecule has 1 aliphatic heterocycles. The number of nitro groups is 1. The Morgan fingerprint density at radius 2 is 1.60 bits per heavy atom. The van der Waals surface area contributed by atoms with Gasteiger partial charge in [-0.15, -0.1) is 6.58 Å². The standard InChI is InChI=1S/C28H39N3O6.C6H6/c1-2-13-30(28(34)37-19-21-6-9-25(10-7-21)31(35)36)24-11-14-29(15-12-24)18-22-5-8-23(16-22)26(27(32)33)17-20-3-4-20;1-2-4-6-5-3-1/h2,6-7,9-10,20,22-24,26H,1,3-5,8,11-19H2,(H,32,33);1-6H. The fourth-order valence-corrected chi connectivity index (χ4v) is 6.47. The maximum absolute atomic E-state index is 12.9. The summed E-state index contributed by atoms with van der Waals surface area (Å²) in [6.45, 7) is 7.07. The summed E-state index contributed by atoms with van der Waals surface area (Å²) in [4.78, 5) is 39.3. The Morgan fingerprint density at radius 1 is 1.00 bits per heavy atom. The fourth-order valence-electron chi connectivity index (χ4n) is 6.47. The molecule has 1 N–H and O–H groups in total. The first-order valence-electron chi connectivity index (χ1n) is 15.6. The Morgan fingerprint density at radius 3 is 2.14 bits per heavy atom. The Hall–Kier alpha value is -3.72. The normalized spacial score (nSPS) is 21.2. The van der Waals surface area contributed by atoms with Gasteiger partial charge in [-0.1, -0.05) is 55.3 Å². The summed E-state index contributed by atoms with van der Waals surface area (Å²) >= 11 is 0. The molecule has 2 saturated carbocycles. The number of hydrogen-bond donors (Lipinski definition) is 1. The van der Waals surface area contributed by atoms with Crippen molar-refractivity contribution in [3.8, 4) is 0 Å². The number of benzene rings is 2. The van der Waals surface area contributed by atoms with E-state index in [1.807, 2.05) is 36.4 Å². The lowest BCUT2D eigenvalue weighted by atomic mass is 9.86. The number of hydrogen-bond acceptors (Lipinski definition) is 6. The minimum absolute atomic E-state index is 0.00297. The van der Waals surface area contributed by atoms with Gasteiger partial charge in [-0.25, -0.2) is 4.79 Å². The van der Waals surface area contributed by atoms with Crippen LogP contribution in [0.15, 0.2) is 73.3 Å². The summed E-state index contributed by atoms with van der Waals surface area (Å²) < 4.78 is 5.52. The van der Waals surface area contributed by atoms with Gasteiger partial charge in [-0.05, 0) is 74.0 Å². The lowest BCUT2D eigenvalue weighted by molar-refractivity contribution is -0.384. The van der Waals surface area contributed by atoms with Crippen LogP contribution in [0.2, 0.25) is 0 Å². The quantitative estimate of drug-likeness (QED) is 0.164. The Labute approximate surface area is 254 Å². The van der Waals surface area contributed by atoms with E-state index in [2.05, 4.69) is 11.5 Å². The molecule has 9 nitrogen and oxygen atoms in total. The van der Waals surface area contributed by atoms with E-state index in [0.29, 0.717) is 29.9 Å². The third kappa shape index (κ3) is 10.2. The van der Waals surface area contributed by atoms with E-state index >= 15 is 0 Å². The van der Waals surface area contributed by atoms with Crippen LogP contribution in [0, 0.1) is 33.8 Å². The lowest BCUT2D eigenvalue weighted by Crippen LogP contribution is -2.48. The molecule has 0 spiro atoms. The van der Waals surface area contributed by atoms with Crippen molar-refractivity contribution in [2.75, 3.05) is 26.2 Å². The van der Waals surface area contributed by atoms with Crippen LogP contribution in [0.1, 0.15) is 56.9 Å². The number of carboxylic acids is 1. The van der Waals surface area contributed by atoms with Gasteiger partial charge in [-0.3, -0.25) is 14.9 Å². The summed E-state index contributed by atoms with van der Waals surface area (Å²) in [6.07, 6.45) is 9.43. The van der Waals surface area contributed by atoms with Crippen LogP contribution in [-0.4, -0.2) is 64.1 Å². The average Bonchev–Trinajstić information content (AvgIpc) is 3.74. The third-order valence-corrected chi connectivity index (χ3v) is 9.00. The van der Waals surface area contributed by atoms with Crippen LogP contribution in [0.3, 0.4) is 0 Å².